The van der Waals surface area contributed by atoms with Crippen LogP contribution >= 0.6 is 22.9 Å². The van der Waals surface area contributed by atoms with Crippen molar-refractivity contribution in [1.82, 2.24) is 25.7 Å². The minimum atomic E-state index is -0.799. The second-order valence-corrected chi connectivity index (χ2v) is 11.0. The molecule has 15 heteroatoms. The maximum atomic E-state index is 15.3. The number of hydrazine groups is 1. The van der Waals surface area contributed by atoms with Crippen LogP contribution in [-0.2, 0) is 20.8 Å². The number of nitrogens with zero attached hydrogens (tertiary/aromatic N) is 4. The van der Waals surface area contributed by atoms with E-state index in [1.165, 1.54) is 16.2 Å². The van der Waals surface area contributed by atoms with Gasteiger partial charge in [0.1, 0.15) is 0 Å². The first-order valence-corrected chi connectivity index (χ1v) is 14.3. The Balaban J connectivity index is 1.37. The fourth-order valence-corrected chi connectivity index (χ4v) is 5.50. The molecule has 1 aliphatic carbocycles. The highest BCUT2D eigenvalue weighted by molar-refractivity contribution is 7.13. The molecule has 3 heterocycles. The number of thiazole rings is 1. The van der Waals surface area contributed by atoms with E-state index in [0.717, 1.165) is 38.5 Å². The number of halogens is 2. The topological polar surface area (TPSA) is 157 Å². The summed E-state index contributed by atoms with van der Waals surface area (Å²) in [5.41, 5.74) is 11.4. The molecule has 5 N–H and O–H groups in total. The number of rotatable bonds is 11. The summed E-state index contributed by atoms with van der Waals surface area (Å²) in [6.45, 7) is 0.852. The number of anilines is 3. The second kappa shape index (κ2) is 13.9. The Kier molecular flexibility index (Phi) is 10.3. The molecule has 0 bridgehead atoms. The van der Waals surface area contributed by atoms with Crippen LogP contribution in [0.2, 0.25) is 5.28 Å². The molecular formula is C24H34ClFN8O4S. The summed E-state index contributed by atoms with van der Waals surface area (Å²) in [7, 11) is 1.63. The molecule has 0 radical (unpaired) electrons. The summed E-state index contributed by atoms with van der Waals surface area (Å²) in [6.07, 6.45) is 6.14. The van der Waals surface area contributed by atoms with Crippen molar-refractivity contribution in [3.8, 4) is 0 Å². The number of nitrogens with two attached hydrogens (primary N) is 1. The van der Waals surface area contributed by atoms with E-state index in [0.29, 0.717) is 36.2 Å². The molecule has 1 unspecified atom stereocenters. The summed E-state index contributed by atoms with van der Waals surface area (Å²) >= 11 is 7.33. The zero-order valence-corrected chi connectivity index (χ0v) is 23.3. The van der Waals surface area contributed by atoms with Gasteiger partial charge in [0.05, 0.1) is 24.8 Å². The highest BCUT2D eigenvalue weighted by Gasteiger charge is 2.27. The van der Waals surface area contributed by atoms with E-state index in [9.17, 15) is 9.59 Å². The van der Waals surface area contributed by atoms with Crippen molar-refractivity contribution >= 4 is 51.7 Å². The SMILES string of the molecule is CN(Cc1csc(N)n1)c1nc(Cl)nc(NNC(=O)[C@@H](CNC(=O)OC2CCCCO2)CC2CCCC2)c1F. The van der Waals surface area contributed by atoms with Crippen molar-refractivity contribution in [3.63, 3.8) is 0 Å². The molecule has 2 amide bonds. The first kappa shape index (κ1) is 29.0. The van der Waals surface area contributed by atoms with Crippen LogP contribution in [0.5, 0.6) is 0 Å². The molecule has 1 saturated carbocycles. The van der Waals surface area contributed by atoms with Crippen molar-refractivity contribution in [2.45, 2.75) is 64.2 Å². The van der Waals surface area contributed by atoms with Gasteiger partial charge in [0.25, 0.3) is 0 Å². The lowest BCUT2D eigenvalue weighted by Gasteiger charge is -2.24. The van der Waals surface area contributed by atoms with Crippen molar-refractivity contribution in [1.29, 1.82) is 0 Å². The molecule has 39 heavy (non-hydrogen) atoms. The second-order valence-electron chi connectivity index (χ2n) is 9.79. The van der Waals surface area contributed by atoms with Gasteiger partial charge < -0.3 is 25.4 Å². The summed E-state index contributed by atoms with van der Waals surface area (Å²) in [5, 5.41) is 4.65. The van der Waals surface area contributed by atoms with Crippen LogP contribution < -0.4 is 26.8 Å². The lowest BCUT2D eigenvalue weighted by Crippen LogP contribution is -2.43. The third-order valence-corrected chi connectivity index (χ3v) is 7.67. The molecule has 0 spiro atoms. The summed E-state index contributed by atoms with van der Waals surface area (Å²) in [6, 6.07) is 0. The molecule has 2 atom stereocenters. The number of nitrogen functional groups attached to an aromatic ring is 1. The molecule has 0 aromatic carbocycles. The normalized spacial score (nSPS) is 18.4. The molecular weight excluding hydrogens is 551 g/mol. The zero-order valence-electron chi connectivity index (χ0n) is 21.8. The first-order valence-electron chi connectivity index (χ1n) is 13.0. The van der Waals surface area contributed by atoms with E-state index in [-0.39, 0.29) is 30.0 Å². The van der Waals surface area contributed by atoms with Gasteiger partial charge in [-0.25, -0.2) is 9.78 Å². The molecule has 2 aromatic heterocycles. The summed E-state index contributed by atoms with van der Waals surface area (Å²) in [5.74, 6) is -1.78. The van der Waals surface area contributed by atoms with Crippen molar-refractivity contribution in [3.05, 3.63) is 22.2 Å². The predicted molar refractivity (Wildman–Crippen MR) is 146 cm³/mol. The lowest BCUT2D eigenvalue weighted by molar-refractivity contribution is -0.127. The third-order valence-electron chi connectivity index (χ3n) is 6.77. The van der Waals surface area contributed by atoms with Gasteiger partial charge in [-0.2, -0.15) is 14.4 Å². The van der Waals surface area contributed by atoms with Crippen LogP contribution in [0.3, 0.4) is 0 Å². The molecule has 2 aliphatic rings. The van der Waals surface area contributed by atoms with Crippen LogP contribution in [0.25, 0.3) is 0 Å². The van der Waals surface area contributed by atoms with Gasteiger partial charge in [-0.1, -0.05) is 25.7 Å². The molecule has 4 rings (SSSR count). The molecule has 12 nitrogen and oxygen atoms in total. The Hall–Kier alpha value is -2.97. The van der Waals surface area contributed by atoms with Crippen LogP contribution in [0.4, 0.5) is 26.0 Å². The Morgan fingerprint density at radius 1 is 1.26 bits per heavy atom. The molecule has 2 aromatic rings. The number of carbonyl (C=O) groups is 2. The van der Waals surface area contributed by atoms with Gasteiger partial charge in [-0.15, -0.1) is 11.3 Å². The van der Waals surface area contributed by atoms with Crippen LogP contribution in [0, 0.1) is 17.7 Å². The fraction of sp³-hybridized carbons (Fsp3) is 0.625. The van der Waals surface area contributed by atoms with Crippen LogP contribution in [-0.4, -0.2) is 53.4 Å². The number of hydrogen-bond acceptors (Lipinski definition) is 11. The van der Waals surface area contributed by atoms with E-state index in [1.54, 1.807) is 12.4 Å². The maximum Gasteiger partial charge on any atom is 0.409 e. The Morgan fingerprint density at radius 3 is 2.72 bits per heavy atom. The quantitative estimate of drug-likeness (QED) is 0.226. The number of aromatic nitrogens is 3. The van der Waals surface area contributed by atoms with Gasteiger partial charge in [0.15, 0.2) is 16.8 Å². The van der Waals surface area contributed by atoms with Gasteiger partial charge in [0, 0.05) is 25.4 Å². The highest BCUT2D eigenvalue weighted by Crippen LogP contribution is 2.30. The maximum absolute atomic E-state index is 15.3. The zero-order chi connectivity index (χ0) is 27.8. The van der Waals surface area contributed by atoms with Crippen molar-refractivity contribution in [2.75, 3.05) is 36.3 Å². The summed E-state index contributed by atoms with van der Waals surface area (Å²) < 4.78 is 26.0. The smallest absolute Gasteiger partial charge is 0.409 e. The van der Waals surface area contributed by atoms with E-state index in [4.69, 9.17) is 26.8 Å². The lowest BCUT2D eigenvalue weighted by atomic mass is 9.92. The van der Waals surface area contributed by atoms with Crippen LogP contribution in [0.1, 0.15) is 57.1 Å². The molecule has 214 valence electrons. The first-order chi connectivity index (χ1) is 18.8. The number of amides is 2. The highest BCUT2D eigenvalue weighted by atomic mass is 35.5. The Labute approximate surface area is 235 Å². The average Bonchev–Trinajstić information content (AvgIpc) is 3.58. The number of ether oxygens (including phenoxy) is 2. The van der Waals surface area contributed by atoms with E-state index >= 15 is 4.39 Å². The number of carbonyl (C=O) groups excluding carboxylic acids is 2. The van der Waals surface area contributed by atoms with Gasteiger partial charge in [-0.05, 0) is 36.8 Å². The van der Waals surface area contributed by atoms with Crippen molar-refractivity contribution in [2.24, 2.45) is 11.8 Å². The van der Waals surface area contributed by atoms with Crippen LogP contribution in [0.15, 0.2) is 5.38 Å². The standard InChI is InChI=1S/C24H34ClFN8O4S/c1-34(12-16-13-39-23(27)29-16)20-18(26)19(30-22(25)31-20)32-33-21(35)15(10-14-6-2-3-7-14)11-28-24(36)38-17-8-4-5-9-37-17/h13-15,17H,2-12H2,1H3,(H2,27,29)(H,28,36)(H,33,35)(H,30,31,32)/t15-,17?/m1/s1. The predicted octanol–water partition coefficient (Wildman–Crippen LogP) is 3.84. The number of hydrogen-bond donors (Lipinski definition) is 4. The van der Waals surface area contributed by atoms with E-state index in [2.05, 4.69) is 31.1 Å². The van der Waals surface area contributed by atoms with Crippen molar-refractivity contribution < 1.29 is 23.5 Å². The van der Waals surface area contributed by atoms with E-state index in [1.807, 2.05) is 0 Å². The minimum Gasteiger partial charge on any atom is -0.420 e. The van der Waals surface area contributed by atoms with Gasteiger partial charge in [-0.3, -0.25) is 15.6 Å². The molecule has 2 fully saturated rings. The number of alkyl carbamates (subject to hydrolysis) is 1. The Morgan fingerprint density at radius 2 is 2.03 bits per heavy atom. The molecule has 1 saturated heterocycles. The average molecular weight is 585 g/mol. The van der Waals surface area contributed by atoms with Gasteiger partial charge >= 0.3 is 6.09 Å². The molecule has 1 aliphatic heterocycles. The number of nitrogens with one attached hydrogen (secondary N) is 3. The van der Waals surface area contributed by atoms with Gasteiger partial charge in [0.2, 0.25) is 23.3 Å². The minimum absolute atomic E-state index is 0.0628. The third kappa shape index (κ3) is 8.51. The fourth-order valence-electron chi connectivity index (χ4n) is 4.78. The van der Waals surface area contributed by atoms with E-state index < -0.39 is 30.0 Å². The largest absolute Gasteiger partial charge is 0.420 e. The Bertz CT molecular complexity index is 1130. The summed E-state index contributed by atoms with van der Waals surface area (Å²) in [4.78, 5) is 39.0. The monoisotopic (exact) mass is 584 g/mol.